The minimum atomic E-state index is -3.55. The highest BCUT2D eigenvalue weighted by atomic mass is 32.2. The first kappa shape index (κ1) is 14.1. The summed E-state index contributed by atoms with van der Waals surface area (Å²) in [4.78, 5) is 1.76. The summed E-state index contributed by atoms with van der Waals surface area (Å²) in [6.07, 6.45) is -1.71. The Morgan fingerprint density at radius 2 is 1.89 bits per heavy atom. The molecule has 5 N–H and O–H groups in total. The molecule has 1 aliphatic heterocycles. The Hall–Kier alpha value is -1.35. The fraction of sp³-hybridized carbons (Fsp3) is 0.455. The molecular weight excluding hydrogens is 270 g/mol. The summed E-state index contributed by atoms with van der Waals surface area (Å²) in [5.74, 6) is 0. The van der Waals surface area contributed by atoms with Crippen molar-refractivity contribution >= 4 is 21.4 Å². The van der Waals surface area contributed by atoms with E-state index in [1.165, 1.54) is 25.2 Å². The van der Waals surface area contributed by atoms with Crippen molar-refractivity contribution in [3.8, 4) is 0 Å². The van der Waals surface area contributed by atoms with Crippen molar-refractivity contribution in [2.45, 2.75) is 17.1 Å². The van der Waals surface area contributed by atoms with Crippen molar-refractivity contribution in [1.29, 1.82) is 0 Å². The second-order valence-corrected chi connectivity index (χ2v) is 6.35. The van der Waals surface area contributed by atoms with E-state index in [0.717, 1.165) is 0 Å². The molecule has 7 nitrogen and oxygen atoms in total. The van der Waals surface area contributed by atoms with Crippen LogP contribution in [0.5, 0.6) is 0 Å². The van der Waals surface area contributed by atoms with Crippen LogP contribution >= 0.6 is 0 Å². The molecule has 8 heteroatoms. The van der Waals surface area contributed by atoms with Gasteiger partial charge in [-0.05, 0) is 25.2 Å². The van der Waals surface area contributed by atoms with Crippen LogP contribution in [0, 0.1) is 0 Å². The molecule has 1 heterocycles. The molecule has 0 aromatic heterocycles. The Bertz CT molecular complexity index is 565. The van der Waals surface area contributed by atoms with E-state index in [1.54, 1.807) is 4.90 Å². The molecule has 2 rings (SSSR count). The molecule has 0 bridgehead atoms. The maximum absolute atomic E-state index is 11.7. The molecule has 1 fully saturated rings. The molecule has 0 spiro atoms. The number of nitrogens with one attached hydrogen (secondary N) is 1. The number of hydrogen-bond donors (Lipinski definition) is 4. The van der Waals surface area contributed by atoms with Crippen molar-refractivity contribution in [2.75, 3.05) is 30.8 Å². The summed E-state index contributed by atoms with van der Waals surface area (Å²) in [5, 5.41) is 19.1. The van der Waals surface area contributed by atoms with E-state index >= 15 is 0 Å². The fourth-order valence-electron chi connectivity index (χ4n) is 2.05. The Morgan fingerprint density at radius 3 is 2.42 bits per heavy atom. The topological polar surface area (TPSA) is 116 Å². The van der Waals surface area contributed by atoms with E-state index in [0.29, 0.717) is 11.4 Å². The Morgan fingerprint density at radius 1 is 1.32 bits per heavy atom. The highest BCUT2D eigenvalue weighted by molar-refractivity contribution is 7.89. The zero-order valence-electron chi connectivity index (χ0n) is 10.4. The van der Waals surface area contributed by atoms with Crippen molar-refractivity contribution in [2.24, 2.45) is 0 Å². The quantitative estimate of drug-likeness (QED) is 0.515. The highest BCUT2D eigenvalue weighted by Gasteiger charge is 2.31. The van der Waals surface area contributed by atoms with E-state index < -0.39 is 22.2 Å². The lowest BCUT2D eigenvalue weighted by Gasteiger charge is -2.20. The SMILES string of the molecule is CNS(=O)(=O)c1ccc(N)c(N2CC(O)C(O)C2)c1. The van der Waals surface area contributed by atoms with Gasteiger partial charge in [0.1, 0.15) is 0 Å². The number of nitrogens with zero attached hydrogens (tertiary/aromatic N) is 1. The fourth-order valence-corrected chi connectivity index (χ4v) is 2.80. The second-order valence-electron chi connectivity index (χ2n) is 4.47. The van der Waals surface area contributed by atoms with Gasteiger partial charge in [-0.3, -0.25) is 0 Å². The molecule has 1 aromatic rings. The van der Waals surface area contributed by atoms with Crippen LogP contribution in [0.25, 0.3) is 0 Å². The van der Waals surface area contributed by atoms with Gasteiger partial charge >= 0.3 is 0 Å². The van der Waals surface area contributed by atoms with Gasteiger partial charge in [0.2, 0.25) is 10.0 Å². The molecule has 2 atom stereocenters. The summed E-state index contributed by atoms with van der Waals surface area (Å²) >= 11 is 0. The standard InChI is InChI=1S/C11H17N3O4S/c1-13-19(17,18)7-2-3-8(12)9(4-7)14-5-10(15)11(16)6-14/h2-4,10-11,13,15-16H,5-6,12H2,1H3. The lowest BCUT2D eigenvalue weighted by atomic mass is 10.2. The molecule has 1 saturated heterocycles. The van der Waals surface area contributed by atoms with Crippen LogP contribution in [0.3, 0.4) is 0 Å². The minimum absolute atomic E-state index is 0.0927. The normalized spacial score (nSPS) is 23.8. The lowest BCUT2D eigenvalue weighted by molar-refractivity contribution is 0.0572. The predicted octanol–water partition coefficient (Wildman–Crippen LogP) is -1.28. The van der Waals surface area contributed by atoms with Crippen LogP contribution in [-0.2, 0) is 10.0 Å². The third-order valence-corrected chi connectivity index (χ3v) is 4.59. The van der Waals surface area contributed by atoms with E-state index in [9.17, 15) is 18.6 Å². The van der Waals surface area contributed by atoms with Crippen molar-refractivity contribution in [1.82, 2.24) is 4.72 Å². The van der Waals surface area contributed by atoms with E-state index in [2.05, 4.69) is 4.72 Å². The van der Waals surface area contributed by atoms with Crippen LogP contribution in [-0.4, -0.2) is 51.0 Å². The van der Waals surface area contributed by atoms with Gasteiger partial charge in [-0.25, -0.2) is 13.1 Å². The Labute approximate surface area is 111 Å². The molecular formula is C11H17N3O4S. The van der Waals surface area contributed by atoms with E-state index in [1.807, 2.05) is 0 Å². The third-order valence-electron chi connectivity index (χ3n) is 3.18. The summed E-state index contributed by atoms with van der Waals surface area (Å²) < 4.78 is 25.7. The Balaban J connectivity index is 2.39. The molecule has 0 radical (unpaired) electrons. The van der Waals surface area contributed by atoms with Gasteiger partial charge in [0.05, 0.1) is 28.5 Å². The average Bonchev–Trinajstić information content (AvgIpc) is 2.69. The van der Waals surface area contributed by atoms with Crippen molar-refractivity contribution in [3.63, 3.8) is 0 Å². The van der Waals surface area contributed by atoms with Crippen molar-refractivity contribution < 1.29 is 18.6 Å². The van der Waals surface area contributed by atoms with Gasteiger partial charge in [0.15, 0.2) is 0 Å². The number of anilines is 2. The molecule has 19 heavy (non-hydrogen) atoms. The molecule has 106 valence electrons. The first-order valence-corrected chi connectivity index (χ1v) is 7.27. The maximum atomic E-state index is 11.7. The molecule has 2 unspecified atom stereocenters. The number of hydrogen-bond acceptors (Lipinski definition) is 6. The smallest absolute Gasteiger partial charge is 0.240 e. The van der Waals surface area contributed by atoms with Gasteiger partial charge < -0.3 is 20.8 Å². The summed E-state index contributed by atoms with van der Waals surface area (Å²) in [5.41, 5.74) is 6.72. The predicted molar refractivity (Wildman–Crippen MR) is 71.3 cm³/mol. The van der Waals surface area contributed by atoms with Crippen molar-refractivity contribution in [3.05, 3.63) is 18.2 Å². The molecule has 0 amide bonds. The number of aliphatic hydroxyl groups excluding tert-OH is 2. The van der Waals surface area contributed by atoms with Gasteiger partial charge in [-0.15, -0.1) is 0 Å². The average molecular weight is 287 g/mol. The third kappa shape index (κ3) is 2.66. The van der Waals surface area contributed by atoms with Crippen LogP contribution in [0.4, 0.5) is 11.4 Å². The Kier molecular flexibility index (Phi) is 3.68. The van der Waals surface area contributed by atoms with Crippen LogP contribution in [0.2, 0.25) is 0 Å². The first-order valence-electron chi connectivity index (χ1n) is 5.79. The minimum Gasteiger partial charge on any atom is -0.397 e. The number of nitrogens with two attached hydrogens (primary N) is 1. The molecule has 0 aliphatic carbocycles. The highest BCUT2D eigenvalue weighted by Crippen LogP contribution is 2.29. The van der Waals surface area contributed by atoms with E-state index in [-0.39, 0.29) is 18.0 Å². The zero-order valence-corrected chi connectivity index (χ0v) is 11.3. The van der Waals surface area contributed by atoms with Crippen LogP contribution < -0.4 is 15.4 Å². The summed E-state index contributed by atoms with van der Waals surface area (Å²) in [6, 6.07) is 4.34. The maximum Gasteiger partial charge on any atom is 0.240 e. The van der Waals surface area contributed by atoms with Gasteiger partial charge in [-0.2, -0.15) is 0 Å². The number of aliphatic hydroxyl groups is 2. The largest absolute Gasteiger partial charge is 0.397 e. The number of sulfonamides is 1. The zero-order chi connectivity index (χ0) is 14.2. The number of benzene rings is 1. The van der Waals surface area contributed by atoms with E-state index in [4.69, 9.17) is 5.73 Å². The summed E-state index contributed by atoms with van der Waals surface area (Å²) in [7, 11) is -2.22. The van der Waals surface area contributed by atoms with Gasteiger partial charge in [-0.1, -0.05) is 0 Å². The van der Waals surface area contributed by atoms with Crippen LogP contribution in [0.15, 0.2) is 23.1 Å². The first-order chi connectivity index (χ1) is 8.85. The monoisotopic (exact) mass is 287 g/mol. The van der Waals surface area contributed by atoms with Crippen LogP contribution in [0.1, 0.15) is 0 Å². The molecule has 1 aliphatic rings. The number of nitrogen functional groups attached to an aromatic ring is 1. The molecule has 0 saturated carbocycles. The van der Waals surface area contributed by atoms with Gasteiger partial charge in [0.25, 0.3) is 0 Å². The molecule has 1 aromatic carbocycles. The lowest BCUT2D eigenvalue weighted by Crippen LogP contribution is -2.24. The number of rotatable bonds is 3. The summed E-state index contributed by atoms with van der Waals surface area (Å²) in [6.45, 7) is 0.433. The van der Waals surface area contributed by atoms with Gasteiger partial charge in [0, 0.05) is 13.1 Å². The number of β-amino-alcohol motifs (C(OH)–C–C–N with tert-alkyl or cyclic N) is 2. The second kappa shape index (κ2) is 4.97.